The molecular formula is C22H26O6. The third-order valence-electron chi connectivity index (χ3n) is 4.48. The first-order valence-electron chi connectivity index (χ1n) is 9.30. The van der Waals surface area contributed by atoms with Gasteiger partial charge in [0, 0.05) is 14.0 Å². The summed E-state index contributed by atoms with van der Waals surface area (Å²) in [7, 11) is 1.52. The van der Waals surface area contributed by atoms with Crippen LogP contribution in [0, 0.1) is 0 Å². The van der Waals surface area contributed by atoms with Crippen LogP contribution in [0.25, 0.3) is 0 Å². The zero-order valence-electron chi connectivity index (χ0n) is 16.2. The van der Waals surface area contributed by atoms with Crippen LogP contribution in [0.4, 0.5) is 0 Å². The fourth-order valence-corrected chi connectivity index (χ4v) is 3.17. The average molecular weight is 386 g/mol. The van der Waals surface area contributed by atoms with Gasteiger partial charge in [-0.05, 0) is 11.1 Å². The minimum Gasteiger partial charge on any atom is -0.454 e. The summed E-state index contributed by atoms with van der Waals surface area (Å²) in [5, 5.41) is 0. The summed E-state index contributed by atoms with van der Waals surface area (Å²) in [6.45, 7) is 2.49. The molecule has 1 heterocycles. The molecule has 0 spiro atoms. The molecule has 6 heteroatoms. The molecule has 2 aromatic carbocycles. The monoisotopic (exact) mass is 386 g/mol. The predicted octanol–water partition coefficient (Wildman–Crippen LogP) is 3.09. The smallest absolute Gasteiger partial charge is 0.303 e. The summed E-state index contributed by atoms with van der Waals surface area (Å²) in [4.78, 5) is 11.6. The molecule has 4 atom stereocenters. The van der Waals surface area contributed by atoms with Crippen LogP contribution in [-0.2, 0) is 41.7 Å². The summed E-state index contributed by atoms with van der Waals surface area (Å²) < 4.78 is 28.6. The van der Waals surface area contributed by atoms with E-state index in [2.05, 4.69) is 0 Å². The van der Waals surface area contributed by atoms with Crippen LogP contribution in [0.2, 0.25) is 0 Å². The van der Waals surface area contributed by atoms with Crippen LogP contribution in [-0.4, -0.2) is 44.3 Å². The van der Waals surface area contributed by atoms with Crippen molar-refractivity contribution in [3.63, 3.8) is 0 Å². The Morgan fingerprint density at radius 2 is 1.54 bits per heavy atom. The number of hydrogen-bond donors (Lipinski definition) is 0. The first-order valence-corrected chi connectivity index (χ1v) is 9.30. The highest BCUT2D eigenvalue weighted by molar-refractivity contribution is 5.66. The van der Waals surface area contributed by atoms with Crippen LogP contribution in [0.15, 0.2) is 60.7 Å². The molecule has 1 unspecified atom stereocenters. The van der Waals surface area contributed by atoms with Gasteiger partial charge in [-0.15, -0.1) is 0 Å². The summed E-state index contributed by atoms with van der Waals surface area (Å²) >= 11 is 0. The van der Waals surface area contributed by atoms with E-state index in [-0.39, 0.29) is 0 Å². The van der Waals surface area contributed by atoms with E-state index in [1.54, 1.807) is 0 Å². The molecule has 1 aliphatic heterocycles. The predicted molar refractivity (Wildman–Crippen MR) is 102 cm³/mol. The fraction of sp³-hybridized carbons (Fsp3) is 0.409. The SMILES string of the molecule is COC1O[C@H](COCc2ccccc2)[C@@H](OCc2ccccc2)[C@H]1OC(C)=O. The molecule has 1 fully saturated rings. The molecule has 2 aromatic rings. The molecule has 0 aromatic heterocycles. The van der Waals surface area contributed by atoms with Crippen LogP contribution in [0.5, 0.6) is 0 Å². The van der Waals surface area contributed by atoms with Gasteiger partial charge >= 0.3 is 5.97 Å². The largest absolute Gasteiger partial charge is 0.454 e. The molecule has 6 nitrogen and oxygen atoms in total. The van der Waals surface area contributed by atoms with Gasteiger partial charge in [0.05, 0.1) is 19.8 Å². The number of rotatable bonds is 9. The number of hydrogen-bond acceptors (Lipinski definition) is 6. The van der Waals surface area contributed by atoms with E-state index in [1.165, 1.54) is 14.0 Å². The van der Waals surface area contributed by atoms with Crippen molar-refractivity contribution in [1.82, 2.24) is 0 Å². The van der Waals surface area contributed by atoms with Crippen LogP contribution < -0.4 is 0 Å². The number of carbonyl (C=O) groups is 1. The van der Waals surface area contributed by atoms with Crippen molar-refractivity contribution in [3.8, 4) is 0 Å². The van der Waals surface area contributed by atoms with E-state index in [0.717, 1.165) is 11.1 Å². The van der Waals surface area contributed by atoms with Gasteiger partial charge in [0.25, 0.3) is 0 Å². The van der Waals surface area contributed by atoms with Gasteiger partial charge in [0.2, 0.25) is 0 Å². The maximum atomic E-state index is 11.6. The van der Waals surface area contributed by atoms with Gasteiger partial charge in [0.15, 0.2) is 12.4 Å². The normalized spacial score (nSPS) is 24.2. The lowest BCUT2D eigenvalue weighted by molar-refractivity contribution is -0.180. The molecule has 0 amide bonds. The second-order valence-corrected chi connectivity index (χ2v) is 6.61. The molecule has 0 saturated carbocycles. The Morgan fingerprint density at radius 1 is 0.929 bits per heavy atom. The van der Waals surface area contributed by atoms with E-state index in [9.17, 15) is 4.79 Å². The standard InChI is InChI=1S/C22H26O6/c1-16(23)27-21-20(26-14-18-11-7-4-8-12-18)19(28-22(21)24-2)15-25-13-17-9-5-3-6-10-17/h3-12,19-22H,13-15H2,1-2H3/t19-,20-,21-,22?/m1/s1. The third kappa shape index (κ3) is 5.62. The number of carbonyl (C=O) groups excluding carboxylic acids is 1. The van der Waals surface area contributed by atoms with Crippen molar-refractivity contribution in [1.29, 1.82) is 0 Å². The topological polar surface area (TPSA) is 63.2 Å². The Kier molecular flexibility index (Phi) is 7.56. The van der Waals surface area contributed by atoms with Gasteiger partial charge < -0.3 is 23.7 Å². The van der Waals surface area contributed by atoms with Gasteiger partial charge in [0.1, 0.15) is 12.2 Å². The molecule has 1 saturated heterocycles. The summed E-state index contributed by atoms with van der Waals surface area (Å²) in [5.41, 5.74) is 2.09. The van der Waals surface area contributed by atoms with Gasteiger partial charge in [-0.2, -0.15) is 0 Å². The van der Waals surface area contributed by atoms with E-state index >= 15 is 0 Å². The molecule has 28 heavy (non-hydrogen) atoms. The van der Waals surface area contributed by atoms with Crippen molar-refractivity contribution in [2.24, 2.45) is 0 Å². The number of methoxy groups -OCH3 is 1. The van der Waals surface area contributed by atoms with Crippen molar-refractivity contribution in [2.45, 2.75) is 44.7 Å². The van der Waals surface area contributed by atoms with Crippen LogP contribution in [0.1, 0.15) is 18.1 Å². The molecule has 1 aliphatic rings. The van der Waals surface area contributed by atoms with Crippen molar-refractivity contribution < 1.29 is 28.5 Å². The first-order chi connectivity index (χ1) is 13.7. The Labute approximate surface area is 165 Å². The van der Waals surface area contributed by atoms with Gasteiger partial charge in [-0.25, -0.2) is 0 Å². The van der Waals surface area contributed by atoms with Crippen LogP contribution >= 0.6 is 0 Å². The van der Waals surface area contributed by atoms with E-state index in [0.29, 0.717) is 19.8 Å². The highest BCUT2D eigenvalue weighted by atomic mass is 16.7. The maximum absolute atomic E-state index is 11.6. The molecule has 0 N–H and O–H groups in total. The summed E-state index contributed by atoms with van der Waals surface area (Å²) in [6.07, 6.45) is -2.27. The van der Waals surface area contributed by atoms with Gasteiger partial charge in [-0.3, -0.25) is 4.79 Å². The zero-order valence-corrected chi connectivity index (χ0v) is 16.2. The molecule has 3 rings (SSSR count). The lowest BCUT2D eigenvalue weighted by Crippen LogP contribution is -2.40. The number of esters is 1. The first kappa shape index (κ1) is 20.5. The minimum atomic E-state index is -0.699. The number of ether oxygens (including phenoxy) is 5. The fourth-order valence-electron chi connectivity index (χ4n) is 3.17. The summed E-state index contributed by atoms with van der Waals surface area (Å²) in [6, 6.07) is 19.7. The minimum absolute atomic E-state index is 0.298. The van der Waals surface area contributed by atoms with Crippen molar-refractivity contribution in [2.75, 3.05) is 13.7 Å². The number of benzene rings is 2. The quantitative estimate of drug-likeness (QED) is 0.617. The van der Waals surface area contributed by atoms with E-state index < -0.39 is 30.6 Å². The average Bonchev–Trinajstić information content (AvgIpc) is 3.04. The lowest BCUT2D eigenvalue weighted by Gasteiger charge is -2.23. The summed E-state index contributed by atoms with van der Waals surface area (Å²) in [5.74, 6) is -0.408. The highest BCUT2D eigenvalue weighted by Crippen LogP contribution is 2.28. The van der Waals surface area contributed by atoms with Gasteiger partial charge in [-0.1, -0.05) is 60.7 Å². The molecular weight excluding hydrogens is 360 g/mol. The molecule has 0 bridgehead atoms. The Balaban J connectivity index is 1.65. The second-order valence-electron chi connectivity index (χ2n) is 6.61. The zero-order chi connectivity index (χ0) is 19.8. The third-order valence-corrected chi connectivity index (χ3v) is 4.48. The Morgan fingerprint density at radius 3 is 2.11 bits per heavy atom. The molecule has 0 radical (unpaired) electrons. The lowest BCUT2D eigenvalue weighted by atomic mass is 10.1. The van der Waals surface area contributed by atoms with Crippen molar-refractivity contribution in [3.05, 3.63) is 71.8 Å². The highest BCUT2D eigenvalue weighted by Gasteiger charge is 2.48. The maximum Gasteiger partial charge on any atom is 0.303 e. The second kappa shape index (κ2) is 10.3. The van der Waals surface area contributed by atoms with Crippen molar-refractivity contribution >= 4 is 5.97 Å². The van der Waals surface area contributed by atoms with E-state index in [1.807, 2.05) is 60.7 Å². The molecule has 150 valence electrons. The van der Waals surface area contributed by atoms with Crippen LogP contribution in [0.3, 0.4) is 0 Å². The Bertz CT molecular complexity index is 720. The Hall–Kier alpha value is -2.25. The van der Waals surface area contributed by atoms with E-state index in [4.69, 9.17) is 23.7 Å². The molecule has 0 aliphatic carbocycles.